The molecular formula is C12H18O6. The van der Waals surface area contributed by atoms with E-state index in [1.54, 1.807) is 12.2 Å². The van der Waals surface area contributed by atoms with Gasteiger partial charge in [-0.3, -0.25) is 9.59 Å². The van der Waals surface area contributed by atoms with Gasteiger partial charge in [-0.05, 0) is 19.1 Å². The molecule has 0 bridgehead atoms. The van der Waals surface area contributed by atoms with Crippen molar-refractivity contribution in [1.82, 2.24) is 0 Å². The Labute approximate surface area is 106 Å². The number of hydrogen-bond acceptors (Lipinski definition) is 6. The van der Waals surface area contributed by atoms with Crippen LogP contribution in [-0.2, 0) is 28.5 Å². The van der Waals surface area contributed by atoms with Crippen LogP contribution in [0.1, 0.15) is 20.8 Å². The number of carbonyl (C=O) groups is 2. The van der Waals surface area contributed by atoms with Crippen molar-refractivity contribution in [1.29, 1.82) is 0 Å². The molecule has 1 heterocycles. The summed E-state index contributed by atoms with van der Waals surface area (Å²) >= 11 is 0. The maximum Gasteiger partial charge on any atom is 0.303 e. The molecule has 6 nitrogen and oxygen atoms in total. The quantitative estimate of drug-likeness (QED) is 0.536. The molecule has 1 aliphatic heterocycles. The molecular weight excluding hydrogens is 240 g/mol. The third kappa shape index (κ3) is 4.85. The summed E-state index contributed by atoms with van der Waals surface area (Å²) in [5.41, 5.74) is 0. The Morgan fingerprint density at radius 1 is 1.22 bits per heavy atom. The highest BCUT2D eigenvalue weighted by molar-refractivity contribution is 5.66. The molecule has 0 aliphatic carbocycles. The maximum atomic E-state index is 11.0. The minimum Gasteiger partial charge on any atom is -0.463 e. The van der Waals surface area contributed by atoms with Gasteiger partial charge in [0.1, 0.15) is 18.8 Å². The van der Waals surface area contributed by atoms with Crippen LogP contribution in [0, 0.1) is 0 Å². The Balaban J connectivity index is 2.62. The van der Waals surface area contributed by atoms with Gasteiger partial charge >= 0.3 is 11.9 Å². The van der Waals surface area contributed by atoms with Crippen LogP contribution in [0.3, 0.4) is 0 Å². The van der Waals surface area contributed by atoms with E-state index in [1.807, 2.05) is 6.92 Å². The zero-order chi connectivity index (χ0) is 13.5. The maximum absolute atomic E-state index is 11.0. The number of esters is 2. The Hall–Kier alpha value is -1.40. The number of rotatable bonds is 5. The standard InChI is InChI=1S/C12H18O6/c1-4-15-12-6-5-10(17-9(3)14)11(18-12)7-16-8(2)13/h5-6,10-12H,4,7H2,1-3H3/t10-,11-,12-/m1/s1. The lowest BCUT2D eigenvalue weighted by Crippen LogP contribution is -2.42. The van der Waals surface area contributed by atoms with E-state index in [0.717, 1.165) is 0 Å². The summed E-state index contributed by atoms with van der Waals surface area (Å²) in [6.45, 7) is 4.97. The van der Waals surface area contributed by atoms with Gasteiger partial charge in [0.05, 0.1) is 0 Å². The van der Waals surface area contributed by atoms with Gasteiger partial charge in [-0.15, -0.1) is 0 Å². The van der Waals surface area contributed by atoms with Crippen molar-refractivity contribution in [3.8, 4) is 0 Å². The molecule has 0 spiro atoms. The fourth-order valence-corrected chi connectivity index (χ4v) is 1.52. The molecule has 6 heteroatoms. The molecule has 0 N–H and O–H groups in total. The third-order valence-corrected chi connectivity index (χ3v) is 2.22. The zero-order valence-corrected chi connectivity index (χ0v) is 10.8. The van der Waals surface area contributed by atoms with Gasteiger partial charge < -0.3 is 18.9 Å². The predicted octanol–water partition coefficient (Wildman–Crippen LogP) is 0.799. The van der Waals surface area contributed by atoms with E-state index in [0.29, 0.717) is 6.61 Å². The van der Waals surface area contributed by atoms with E-state index in [1.165, 1.54) is 13.8 Å². The molecule has 102 valence electrons. The lowest BCUT2D eigenvalue weighted by molar-refractivity contribution is -0.195. The molecule has 0 amide bonds. The molecule has 0 fully saturated rings. The monoisotopic (exact) mass is 258 g/mol. The van der Waals surface area contributed by atoms with Crippen molar-refractivity contribution in [3.05, 3.63) is 12.2 Å². The van der Waals surface area contributed by atoms with E-state index < -0.39 is 30.4 Å². The summed E-state index contributed by atoms with van der Waals surface area (Å²) in [5.74, 6) is -0.835. The van der Waals surface area contributed by atoms with Crippen molar-refractivity contribution in [3.63, 3.8) is 0 Å². The minimum absolute atomic E-state index is 0.0151. The second-order valence-electron chi connectivity index (χ2n) is 3.76. The molecule has 0 unspecified atom stereocenters. The Morgan fingerprint density at radius 3 is 2.50 bits per heavy atom. The van der Waals surface area contributed by atoms with Crippen LogP contribution in [0.25, 0.3) is 0 Å². The highest BCUT2D eigenvalue weighted by Gasteiger charge is 2.30. The fourth-order valence-electron chi connectivity index (χ4n) is 1.52. The first-order chi connectivity index (χ1) is 8.52. The van der Waals surface area contributed by atoms with Gasteiger partial charge in [-0.1, -0.05) is 0 Å². The molecule has 0 aromatic rings. The highest BCUT2D eigenvalue weighted by atomic mass is 16.7. The summed E-state index contributed by atoms with van der Waals surface area (Å²) in [5, 5.41) is 0. The number of carbonyl (C=O) groups excluding carboxylic acids is 2. The average molecular weight is 258 g/mol. The van der Waals surface area contributed by atoms with E-state index in [9.17, 15) is 9.59 Å². The SMILES string of the molecule is CCO[C@H]1C=C[C@@H](OC(C)=O)[C@@H](COC(C)=O)O1. The van der Waals surface area contributed by atoms with Crippen LogP contribution in [0.15, 0.2) is 12.2 Å². The molecule has 0 aromatic carbocycles. The number of hydrogen-bond donors (Lipinski definition) is 0. The lowest BCUT2D eigenvalue weighted by Gasteiger charge is -2.31. The van der Waals surface area contributed by atoms with Crippen LogP contribution < -0.4 is 0 Å². The first-order valence-electron chi connectivity index (χ1n) is 5.79. The molecule has 1 aliphatic rings. The van der Waals surface area contributed by atoms with Crippen molar-refractivity contribution < 1.29 is 28.5 Å². The van der Waals surface area contributed by atoms with E-state index in [2.05, 4.69) is 0 Å². The van der Waals surface area contributed by atoms with Gasteiger partial charge in [-0.25, -0.2) is 0 Å². The largest absolute Gasteiger partial charge is 0.463 e. The second-order valence-corrected chi connectivity index (χ2v) is 3.76. The van der Waals surface area contributed by atoms with E-state index in [4.69, 9.17) is 18.9 Å². The van der Waals surface area contributed by atoms with Crippen molar-refractivity contribution >= 4 is 11.9 Å². The van der Waals surface area contributed by atoms with Crippen molar-refractivity contribution in [2.75, 3.05) is 13.2 Å². The molecule has 18 heavy (non-hydrogen) atoms. The van der Waals surface area contributed by atoms with Crippen molar-refractivity contribution in [2.24, 2.45) is 0 Å². The second kappa shape index (κ2) is 7.13. The van der Waals surface area contributed by atoms with Crippen molar-refractivity contribution in [2.45, 2.75) is 39.3 Å². The Morgan fingerprint density at radius 2 is 1.94 bits per heavy atom. The van der Waals surface area contributed by atoms with Gasteiger partial charge in [0.15, 0.2) is 6.29 Å². The zero-order valence-electron chi connectivity index (χ0n) is 10.8. The summed E-state index contributed by atoms with van der Waals surface area (Å²) in [4.78, 5) is 21.7. The van der Waals surface area contributed by atoms with E-state index >= 15 is 0 Å². The lowest BCUT2D eigenvalue weighted by atomic mass is 10.1. The normalized spacial score (nSPS) is 26.7. The summed E-state index contributed by atoms with van der Waals surface area (Å²) in [6, 6.07) is 0. The molecule has 0 radical (unpaired) electrons. The van der Waals surface area contributed by atoms with Gasteiger partial charge in [0.2, 0.25) is 0 Å². The Bertz CT molecular complexity index is 325. The molecule has 3 atom stereocenters. The molecule has 0 saturated heterocycles. The van der Waals surface area contributed by atoms with Crippen LogP contribution >= 0.6 is 0 Å². The first kappa shape index (κ1) is 14.7. The summed E-state index contributed by atoms with van der Waals surface area (Å²) < 4.78 is 20.8. The first-order valence-corrected chi connectivity index (χ1v) is 5.79. The van der Waals surface area contributed by atoms with Crippen LogP contribution in [-0.4, -0.2) is 43.7 Å². The van der Waals surface area contributed by atoms with Gasteiger partial charge in [-0.2, -0.15) is 0 Å². The van der Waals surface area contributed by atoms with Crippen LogP contribution in [0.2, 0.25) is 0 Å². The minimum atomic E-state index is -0.571. The summed E-state index contributed by atoms with van der Waals surface area (Å²) in [6.07, 6.45) is 1.71. The van der Waals surface area contributed by atoms with Crippen LogP contribution in [0.4, 0.5) is 0 Å². The fraction of sp³-hybridized carbons (Fsp3) is 0.667. The predicted molar refractivity (Wildman–Crippen MR) is 61.6 cm³/mol. The Kier molecular flexibility index (Phi) is 5.80. The molecule has 0 saturated carbocycles. The third-order valence-electron chi connectivity index (χ3n) is 2.22. The molecule has 1 rings (SSSR count). The molecule has 0 aromatic heterocycles. The highest BCUT2D eigenvalue weighted by Crippen LogP contribution is 2.17. The smallest absolute Gasteiger partial charge is 0.303 e. The number of ether oxygens (including phenoxy) is 4. The van der Waals surface area contributed by atoms with Crippen LogP contribution in [0.5, 0.6) is 0 Å². The average Bonchev–Trinajstić information content (AvgIpc) is 2.28. The summed E-state index contributed by atoms with van der Waals surface area (Å²) in [7, 11) is 0. The van der Waals surface area contributed by atoms with E-state index in [-0.39, 0.29) is 6.61 Å². The van der Waals surface area contributed by atoms with Gasteiger partial charge in [0.25, 0.3) is 0 Å². The topological polar surface area (TPSA) is 71.1 Å². The van der Waals surface area contributed by atoms with Gasteiger partial charge in [0, 0.05) is 20.5 Å².